The largest absolute Gasteiger partial charge is 0.462 e. The van der Waals surface area contributed by atoms with Crippen LogP contribution in [0.25, 0.3) is 0 Å². The lowest BCUT2D eigenvalue weighted by Crippen LogP contribution is -2.45. The average molecular weight is 489 g/mol. The van der Waals surface area contributed by atoms with Crippen molar-refractivity contribution < 1.29 is 19.4 Å². The van der Waals surface area contributed by atoms with E-state index in [0.29, 0.717) is 43.5 Å². The zero-order valence-electron chi connectivity index (χ0n) is 20.8. The number of hydrogen-bond acceptors (Lipinski definition) is 5. The van der Waals surface area contributed by atoms with Crippen molar-refractivity contribution in [2.45, 2.75) is 75.7 Å². The van der Waals surface area contributed by atoms with Crippen molar-refractivity contribution in [2.24, 2.45) is 11.3 Å². The molecule has 1 amide bonds. The summed E-state index contributed by atoms with van der Waals surface area (Å²) in [5.74, 6) is 0.590. The third kappa shape index (κ3) is 4.69. The molecular formula is C30H36N2O4. The lowest BCUT2D eigenvalue weighted by atomic mass is 9.75. The monoisotopic (exact) mass is 488 g/mol. The van der Waals surface area contributed by atoms with Crippen molar-refractivity contribution in [3.63, 3.8) is 0 Å². The van der Waals surface area contributed by atoms with E-state index in [1.54, 1.807) is 0 Å². The number of benzene rings is 2. The van der Waals surface area contributed by atoms with E-state index in [1.807, 2.05) is 47.4 Å². The molecule has 190 valence electrons. The highest BCUT2D eigenvalue weighted by Gasteiger charge is 2.54. The number of nitrogens with zero attached hydrogens (tertiary/aromatic N) is 1. The second-order valence-corrected chi connectivity index (χ2v) is 11.4. The second-order valence-electron chi connectivity index (χ2n) is 11.4. The molecular weight excluding hydrogens is 452 g/mol. The van der Waals surface area contributed by atoms with Crippen LogP contribution in [0.5, 0.6) is 0 Å². The highest BCUT2D eigenvalue weighted by Crippen LogP contribution is 2.49. The molecule has 6 rings (SSSR count). The maximum Gasteiger partial charge on any atom is 0.312 e. The second kappa shape index (κ2) is 9.64. The summed E-state index contributed by atoms with van der Waals surface area (Å²) < 4.78 is 5.71. The summed E-state index contributed by atoms with van der Waals surface area (Å²) in [5.41, 5.74) is 2.48. The number of amides is 1. The minimum absolute atomic E-state index is 0.0325. The number of aliphatic hydroxyl groups is 1. The van der Waals surface area contributed by atoms with Crippen molar-refractivity contribution in [2.75, 3.05) is 13.1 Å². The Morgan fingerprint density at radius 1 is 1.03 bits per heavy atom. The van der Waals surface area contributed by atoms with Crippen LogP contribution in [-0.4, -0.2) is 53.2 Å². The minimum Gasteiger partial charge on any atom is -0.462 e. The molecule has 3 heterocycles. The van der Waals surface area contributed by atoms with Gasteiger partial charge in [-0.3, -0.25) is 9.59 Å². The number of ether oxygens (including phenoxy) is 1. The summed E-state index contributed by atoms with van der Waals surface area (Å²) in [4.78, 5) is 27.6. The van der Waals surface area contributed by atoms with Crippen molar-refractivity contribution in [1.29, 1.82) is 0 Å². The van der Waals surface area contributed by atoms with Crippen LogP contribution < -0.4 is 5.32 Å². The van der Waals surface area contributed by atoms with Gasteiger partial charge in [0.2, 0.25) is 0 Å². The zero-order chi connectivity index (χ0) is 24.7. The summed E-state index contributed by atoms with van der Waals surface area (Å²) in [5, 5.41) is 14.3. The van der Waals surface area contributed by atoms with Crippen LogP contribution in [0, 0.1) is 11.3 Å². The molecule has 1 spiro atoms. The quantitative estimate of drug-likeness (QED) is 0.601. The van der Waals surface area contributed by atoms with E-state index in [0.717, 1.165) is 31.2 Å². The summed E-state index contributed by atoms with van der Waals surface area (Å²) in [7, 11) is 0. The predicted octanol–water partition coefficient (Wildman–Crippen LogP) is 4.03. The number of aliphatic hydroxyl groups excluding tert-OH is 1. The maximum atomic E-state index is 13.1. The normalized spacial score (nSPS) is 28.3. The maximum absolute atomic E-state index is 13.1. The van der Waals surface area contributed by atoms with Gasteiger partial charge in [-0.05, 0) is 74.1 Å². The van der Waals surface area contributed by atoms with Crippen molar-refractivity contribution in [1.82, 2.24) is 10.2 Å². The summed E-state index contributed by atoms with van der Waals surface area (Å²) in [6.45, 7) is 1.23. The van der Waals surface area contributed by atoms with Gasteiger partial charge in [0, 0.05) is 37.2 Å². The van der Waals surface area contributed by atoms with Gasteiger partial charge >= 0.3 is 5.97 Å². The fourth-order valence-electron chi connectivity index (χ4n) is 6.44. The standard InChI is InChI=1S/C30H36N2O4/c33-27(22-4-2-1-3-5-22)25-13-12-24(31-25)18-20-6-8-23(9-7-20)28(34)32-16-14-30(15-17-32)19-26(21-10-11-21)36-29(30)35/h1-9,21,24-27,31,33H,10-19H2/t24-,25+,26-,27+/m0/s1. The molecule has 2 N–H and O–H groups in total. The molecule has 0 radical (unpaired) electrons. The van der Waals surface area contributed by atoms with Crippen LogP contribution >= 0.6 is 0 Å². The number of rotatable bonds is 6. The van der Waals surface area contributed by atoms with Crippen molar-refractivity contribution >= 4 is 11.9 Å². The molecule has 4 atom stereocenters. The van der Waals surface area contributed by atoms with Gasteiger partial charge in [0.15, 0.2) is 0 Å². The van der Waals surface area contributed by atoms with Gasteiger partial charge in [0.05, 0.1) is 11.5 Å². The van der Waals surface area contributed by atoms with Gasteiger partial charge in [0.1, 0.15) is 6.10 Å². The molecule has 3 saturated heterocycles. The Balaban J connectivity index is 1.01. The van der Waals surface area contributed by atoms with Crippen LogP contribution in [0.1, 0.15) is 72.5 Å². The molecule has 2 aromatic carbocycles. The fraction of sp³-hybridized carbons (Fsp3) is 0.533. The molecule has 0 aromatic heterocycles. The van der Waals surface area contributed by atoms with Gasteiger partial charge in [-0.2, -0.15) is 0 Å². The van der Waals surface area contributed by atoms with Gasteiger partial charge in [-0.1, -0.05) is 42.5 Å². The number of nitrogens with one attached hydrogen (secondary N) is 1. The van der Waals surface area contributed by atoms with E-state index in [2.05, 4.69) is 17.4 Å². The summed E-state index contributed by atoms with van der Waals surface area (Å²) in [6.07, 6.45) is 7.09. The smallest absolute Gasteiger partial charge is 0.312 e. The summed E-state index contributed by atoms with van der Waals surface area (Å²) in [6, 6.07) is 18.2. The van der Waals surface area contributed by atoms with Crippen LogP contribution in [0.4, 0.5) is 0 Å². The van der Waals surface area contributed by atoms with Crippen molar-refractivity contribution in [3.05, 3.63) is 71.3 Å². The Morgan fingerprint density at radius 2 is 1.75 bits per heavy atom. The lowest BCUT2D eigenvalue weighted by Gasteiger charge is -2.36. The van der Waals surface area contributed by atoms with Crippen LogP contribution in [-0.2, 0) is 16.0 Å². The Morgan fingerprint density at radius 3 is 2.44 bits per heavy atom. The topological polar surface area (TPSA) is 78.9 Å². The predicted molar refractivity (Wildman–Crippen MR) is 136 cm³/mol. The highest BCUT2D eigenvalue weighted by atomic mass is 16.6. The lowest BCUT2D eigenvalue weighted by molar-refractivity contribution is -0.151. The molecule has 3 aliphatic heterocycles. The van der Waals surface area contributed by atoms with E-state index < -0.39 is 6.10 Å². The zero-order valence-corrected chi connectivity index (χ0v) is 20.8. The Bertz CT molecular complexity index is 1090. The highest BCUT2D eigenvalue weighted by molar-refractivity contribution is 5.94. The third-order valence-electron chi connectivity index (χ3n) is 8.92. The van der Waals surface area contributed by atoms with Gasteiger partial charge < -0.3 is 20.1 Å². The van der Waals surface area contributed by atoms with E-state index in [-0.39, 0.29) is 29.4 Å². The number of cyclic esters (lactones) is 1. The first-order valence-electron chi connectivity index (χ1n) is 13.6. The average Bonchev–Trinajstić information content (AvgIpc) is 3.59. The van der Waals surface area contributed by atoms with Gasteiger partial charge in [-0.15, -0.1) is 0 Å². The van der Waals surface area contributed by atoms with Gasteiger partial charge in [-0.25, -0.2) is 0 Å². The first kappa shape index (κ1) is 23.7. The van der Waals surface area contributed by atoms with Crippen LogP contribution in [0.3, 0.4) is 0 Å². The number of hydrogen-bond donors (Lipinski definition) is 2. The SMILES string of the molecule is O=C(c1ccc(C[C@@H]2CC[C@H]([C@H](O)c3ccccc3)N2)cc1)N1CCC2(CC1)C[C@@H](C1CC1)OC2=O. The molecule has 4 aliphatic rings. The molecule has 6 nitrogen and oxygen atoms in total. The van der Waals surface area contributed by atoms with E-state index in [1.165, 1.54) is 18.4 Å². The molecule has 0 unspecified atom stereocenters. The van der Waals surface area contributed by atoms with Crippen LogP contribution in [0.2, 0.25) is 0 Å². The first-order valence-corrected chi connectivity index (χ1v) is 13.6. The minimum atomic E-state index is -0.495. The fourth-order valence-corrected chi connectivity index (χ4v) is 6.44. The third-order valence-corrected chi connectivity index (χ3v) is 8.92. The Hall–Kier alpha value is -2.70. The molecule has 6 heteroatoms. The number of carbonyl (C=O) groups excluding carboxylic acids is 2. The number of carbonyl (C=O) groups is 2. The van der Waals surface area contributed by atoms with E-state index in [4.69, 9.17) is 4.74 Å². The molecule has 36 heavy (non-hydrogen) atoms. The molecule has 0 bridgehead atoms. The number of likely N-dealkylation sites (tertiary alicyclic amines) is 1. The number of piperidine rings is 1. The van der Waals surface area contributed by atoms with E-state index in [9.17, 15) is 14.7 Å². The molecule has 1 saturated carbocycles. The summed E-state index contributed by atoms with van der Waals surface area (Å²) >= 11 is 0. The number of esters is 1. The molecule has 1 aliphatic carbocycles. The van der Waals surface area contributed by atoms with Gasteiger partial charge in [0.25, 0.3) is 5.91 Å². The van der Waals surface area contributed by atoms with Crippen molar-refractivity contribution in [3.8, 4) is 0 Å². The first-order chi connectivity index (χ1) is 17.5. The van der Waals surface area contributed by atoms with Crippen LogP contribution in [0.15, 0.2) is 54.6 Å². The molecule has 4 fully saturated rings. The van der Waals surface area contributed by atoms with E-state index >= 15 is 0 Å². The molecule has 2 aromatic rings. The Labute approximate surface area is 213 Å². The Kier molecular flexibility index (Phi) is 6.34.